The first-order valence-corrected chi connectivity index (χ1v) is 5.58. The van der Waals surface area contributed by atoms with Crippen molar-refractivity contribution in [1.29, 1.82) is 5.26 Å². The topological polar surface area (TPSA) is 59.0 Å². The van der Waals surface area contributed by atoms with E-state index in [1.807, 2.05) is 0 Å². The molecule has 0 atom stereocenters. The van der Waals surface area contributed by atoms with Crippen LogP contribution in [-0.4, -0.2) is 6.61 Å². The second kappa shape index (κ2) is 4.23. The predicted molar refractivity (Wildman–Crippen MR) is 63.3 cm³/mol. The smallest absolute Gasteiger partial charge is 0.160 e. The zero-order valence-electron chi connectivity index (χ0n) is 8.87. The number of hydrogen-bond acceptors (Lipinski definition) is 3. The number of nitrogens with zero attached hydrogens (tertiary/aromatic N) is 1. The first-order valence-electron chi connectivity index (χ1n) is 5.21. The summed E-state index contributed by atoms with van der Waals surface area (Å²) >= 11 is 5.99. The second-order valence-corrected chi connectivity index (χ2v) is 4.69. The number of nitrogens with two attached hydrogens (primary N) is 1. The van der Waals surface area contributed by atoms with E-state index in [0.717, 1.165) is 12.8 Å². The third-order valence-electron chi connectivity index (χ3n) is 2.93. The number of anilines is 1. The van der Waals surface area contributed by atoms with Gasteiger partial charge in [-0.3, -0.25) is 0 Å². The molecule has 2 N–H and O–H groups in total. The van der Waals surface area contributed by atoms with Gasteiger partial charge in [0.2, 0.25) is 0 Å². The van der Waals surface area contributed by atoms with E-state index < -0.39 is 0 Å². The van der Waals surface area contributed by atoms with Crippen LogP contribution in [0.5, 0.6) is 5.75 Å². The Kier molecular flexibility index (Phi) is 2.93. The standard InChI is InChI=1S/C12H13ClN2O/c13-9-2-1-3-10(15)11(9)16-8-12(4-5-12)6-7-14/h1-3H,4-6,8,15H2. The van der Waals surface area contributed by atoms with Gasteiger partial charge in [-0.15, -0.1) is 0 Å². The fraction of sp³-hybridized carbons (Fsp3) is 0.417. The minimum atomic E-state index is 0.0420. The van der Waals surface area contributed by atoms with Gasteiger partial charge < -0.3 is 10.5 Å². The van der Waals surface area contributed by atoms with Gasteiger partial charge in [0.15, 0.2) is 5.75 Å². The van der Waals surface area contributed by atoms with Gasteiger partial charge in [0.1, 0.15) is 0 Å². The number of halogens is 1. The average Bonchev–Trinajstić information content (AvgIpc) is 2.98. The lowest BCUT2D eigenvalue weighted by atomic mass is 10.1. The molecule has 2 rings (SSSR count). The van der Waals surface area contributed by atoms with Crippen LogP contribution in [0.2, 0.25) is 5.02 Å². The van der Waals surface area contributed by atoms with Crippen LogP contribution < -0.4 is 10.5 Å². The maximum atomic E-state index is 8.69. The molecule has 0 unspecified atom stereocenters. The van der Waals surface area contributed by atoms with Crippen molar-refractivity contribution in [3.05, 3.63) is 23.2 Å². The summed E-state index contributed by atoms with van der Waals surface area (Å²) in [7, 11) is 0. The maximum Gasteiger partial charge on any atom is 0.160 e. The molecule has 1 aromatic carbocycles. The fourth-order valence-corrected chi connectivity index (χ4v) is 1.86. The minimum absolute atomic E-state index is 0.0420. The lowest BCUT2D eigenvalue weighted by molar-refractivity contribution is 0.238. The van der Waals surface area contributed by atoms with Crippen molar-refractivity contribution in [2.24, 2.45) is 5.41 Å². The summed E-state index contributed by atoms with van der Waals surface area (Å²) in [6.45, 7) is 0.522. The van der Waals surface area contributed by atoms with Crippen molar-refractivity contribution in [1.82, 2.24) is 0 Å². The molecule has 0 bridgehead atoms. The van der Waals surface area contributed by atoms with Gasteiger partial charge in [-0.2, -0.15) is 5.26 Å². The van der Waals surface area contributed by atoms with Gasteiger partial charge in [0.25, 0.3) is 0 Å². The third-order valence-corrected chi connectivity index (χ3v) is 3.23. The molecule has 1 aliphatic rings. The van der Waals surface area contributed by atoms with Crippen LogP contribution >= 0.6 is 11.6 Å². The number of nitrogen functional groups attached to an aromatic ring is 1. The molecule has 0 radical (unpaired) electrons. The van der Waals surface area contributed by atoms with E-state index >= 15 is 0 Å². The summed E-state index contributed by atoms with van der Waals surface area (Å²) in [4.78, 5) is 0. The Morgan fingerprint density at radius 3 is 2.81 bits per heavy atom. The van der Waals surface area contributed by atoms with E-state index in [1.54, 1.807) is 18.2 Å². The monoisotopic (exact) mass is 236 g/mol. The Labute approximate surface area is 99.8 Å². The van der Waals surface area contributed by atoms with E-state index in [4.69, 9.17) is 27.3 Å². The molecule has 0 heterocycles. The first kappa shape index (κ1) is 11.1. The molecular formula is C12H13ClN2O. The van der Waals surface area contributed by atoms with Crippen molar-refractivity contribution in [3.8, 4) is 11.8 Å². The molecule has 1 aliphatic carbocycles. The van der Waals surface area contributed by atoms with Gasteiger partial charge >= 0.3 is 0 Å². The lowest BCUT2D eigenvalue weighted by Crippen LogP contribution is -2.13. The normalized spacial score (nSPS) is 16.5. The van der Waals surface area contributed by atoms with Crippen LogP contribution in [0, 0.1) is 16.7 Å². The molecule has 0 spiro atoms. The molecule has 0 aliphatic heterocycles. The number of ether oxygens (including phenoxy) is 1. The van der Waals surface area contributed by atoms with Gasteiger partial charge in [-0.05, 0) is 25.0 Å². The zero-order valence-corrected chi connectivity index (χ0v) is 9.63. The summed E-state index contributed by atoms with van der Waals surface area (Å²) in [5, 5.41) is 9.21. The minimum Gasteiger partial charge on any atom is -0.489 e. The summed E-state index contributed by atoms with van der Waals surface area (Å²) in [5.74, 6) is 0.536. The first-order chi connectivity index (χ1) is 7.67. The Hall–Kier alpha value is -1.40. The second-order valence-electron chi connectivity index (χ2n) is 4.28. The lowest BCUT2D eigenvalue weighted by Gasteiger charge is -2.15. The molecule has 3 nitrogen and oxygen atoms in total. The van der Waals surface area contributed by atoms with Crippen molar-refractivity contribution >= 4 is 17.3 Å². The molecule has 0 saturated heterocycles. The molecule has 0 amide bonds. The van der Waals surface area contributed by atoms with Crippen LogP contribution in [0.25, 0.3) is 0 Å². The van der Waals surface area contributed by atoms with Crippen LogP contribution in [0.3, 0.4) is 0 Å². The Morgan fingerprint density at radius 1 is 1.50 bits per heavy atom. The highest BCUT2D eigenvalue weighted by Crippen LogP contribution is 2.49. The van der Waals surface area contributed by atoms with E-state index in [9.17, 15) is 0 Å². The summed E-state index contributed by atoms with van der Waals surface area (Å²) < 4.78 is 5.64. The predicted octanol–water partition coefficient (Wildman–Crippen LogP) is 2.99. The van der Waals surface area contributed by atoms with Crippen molar-refractivity contribution in [2.45, 2.75) is 19.3 Å². The van der Waals surface area contributed by atoms with Gasteiger partial charge in [0.05, 0.1) is 23.4 Å². The van der Waals surface area contributed by atoms with E-state index in [-0.39, 0.29) is 5.41 Å². The molecule has 4 heteroatoms. The molecule has 1 fully saturated rings. The Morgan fingerprint density at radius 2 is 2.25 bits per heavy atom. The Balaban J connectivity index is 2.03. The fourth-order valence-electron chi connectivity index (χ4n) is 1.62. The summed E-state index contributed by atoms with van der Waals surface area (Å²) in [5.41, 5.74) is 6.35. The average molecular weight is 237 g/mol. The highest BCUT2D eigenvalue weighted by Gasteiger charge is 2.43. The number of rotatable bonds is 4. The van der Waals surface area contributed by atoms with E-state index in [1.165, 1.54) is 0 Å². The largest absolute Gasteiger partial charge is 0.489 e. The SMILES string of the molecule is N#CCC1(COc2c(N)cccc2Cl)CC1. The summed E-state index contributed by atoms with van der Waals surface area (Å²) in [6.07, 6.45) is 2.63. The highest BCUT2D eigenvalue weighted by atomic mass is 35.5. The van der Waals surface area contributed by atoms with Gasteiger partial charge in [-0.25, -0.2) is 0 Å². The van der Waals surface area contributed by atoms with Crippen LogP contribution in [0.15, 0.2) is 18.2 Å². The summed E-state index contributed by atoms with van der Waals surface area (Å²) in [6, 6.07) is 7.48. The third kappa shape index (κ3) is 2.23. The molecule has 84 valence electrons. The van der Waals surface area contributed by atoms with Gasteiger partial charge in [-0.1, -0.05) is 17.7 Å². The molecule has 1 aromatic rings. The van der Waals surface area contributed by atoms with Crippen LogP contribution in [0.4, 0.5) is 5.69 Å². The molecule has 1 saturated carbocycles. The van der Waals surface area contributed by atoms with Gasteiger partial charge in [0, 0.05) is 11.8 Å². The number of benzene rings is 1. The van der Waals surface area contributed by atoms with E-state index in [2.05, 4.69) is 6.07 Å². The molecular weight excluding hydrogens is 224 g/mol. The Bertz CT molecular complexity index is 415. The number of hydrogen-bond donors (Lipinski definition) is 1. The quantitative estimate of drug-likeness (QED) is 0.818. The van der Waals surface area contributed by atoms with Crippen molar-refractivity contribution in [2.75, 3.05) is 12.3 Å². The number of nitriles is 1. The number of para-hydroxylation sites is 1. The van der Waals surface area contributed by atoms with E-state index in [0.29, 0.717) is 29.5 Å². The maximum absolute atomic E-state index is 8.69. The van der Waals surface area contributed by atoms with Crippen molar-refractivity contribution < 1.29 is 4.74 Å². The zero-order chi connectivity index (χ0) is 11.6. The van der Waals surface area contributed by atoms with Crippen LogP contribution in [-0.2, 0) is 0 Å². The molecule has 16 heavy (non-hydrogen) atoms. The molecule has 0 aromatic heterocycles. The van der Waals surface area contributed by atoms with Crippen molar-refractivity contribution in [3.63, 3.8) is 0 Å². The van der Waals surface area contributed by atoms with Crippen LogP contribution in [0.1, 0.15) is 19.3 Å². The highest BCUT2D eigenvalue weighted by molar-refractivity contribution is 6.32.